The van der Waals surface area contributed by atoms with Crippen LogP contribution in [-0.2, 0) is 14.3 Å². The molecule has 5 nitrogen and oxygen atoms in total. The first-order chi connectivity index (χ1) is 14.2. The Hall–Kier alpha value is -2.60. The normalized spacial score (nSPS) is 20.7. The van der Waals surface area contributed by atoms with Crippen molar-refractivity contribution in [1.29, 1.82) is 0 Å². The molecule has 30 heavy (non-hydrogen) atoms. The zero-order valence-electron chi connectivity index (χ0n) is 17.5. The molecule has 4 rings (SSSR count). The second-order valence-electron chi connectivity index (χ2n) is 8.60. The lowest BCUT2D eigenvalue weighted by Gasteiger charge is -2.38. The van der Waals surface area contributed by atoms with Crippen LogP contribution >= 0.6 is 15.9 Å². The molecule has 1 aromatic heterocycles. The van der Waals surface area contributed by atoms with E-state index in [1.165, 1.54) is 7.11 Å². The predicted octanol–water partition coefficient (Wildman–Crippen LogP) is 5.49. The molecule has 2 aliphatic rings. The van der Waals surface area contributed by atoms with Gasteiger partial charge in [-0.3, -0.25) is 4.79 Å². The summed E-state index contributed by atoms with van der Waals surface area (Å²) >= 11 is 3.55. The number of ether oxygens (including phenoxy) is 1. The molecule has 2 aromatic rings. The van der Waals surface area contributed by atoms with Crippen molar-refractivity contribution in [2.45, 2.75) is 39.5 Å². The monoisotopic (exact) mass is 469 g/mol. The third-order valence-electron chi connectivity index (χ3n) is 5.70. The van der Waals surface area contributed by atoms with Gasteiger partial charge >= 0.3 is 5.97 Å². The SMILES string of the molecule is COC(=O)C1=C(C)NC2=C(C(=O)CC(C)(C)C2)[C@H]1c1ccc(-c2ccccc2Br)o1. The van der Waals surface area contributed by atoms with Crippen LogP contribution in [0.3, 0.4) is 0 Å². The van der Waals surface area contributed by atoms with E-state index in [0.29, 0.717) is 34.8 Å². The first kappa shape index (κ1) is 20.7. The van der Waals surface area contributed by atoms with Crippen LogP contribution in [0.5, 0.6) is 0 Å². The van der Waals surface area contributed by atoms with Crippen LogP contribution in [0.2, 0.25) is 0 Å². The van der Waals surface area contributed by atoms with Crippen molar-refractivity contribution < 1.29 is 18.7 Å². The number of Topliss-reactive ketones (excluding diaryl/α,β-unsaturated/α-hetero) is 1. The Labute approximate surface area is 184 Å². The van der Waals surface area contributed by atoms with Crippen LogP contribution in [0.25, 0.3) is 11.3 Å². The van der Waals surface area contributed by atoms with Gasteiger partial charge in [0.25, 0.3) is 0 Å². The number of nitrogens with one attached hydrogen (secondary N) is 1. The molecule has 0 fully saturated rings. The van der Waals surface area contributed by atoms with E-state index in [9.17, 15) is 9.59 Å². The van der Waals surface area contributed by atoms with Gasteiger partial charge in [0.05, 0.1) is 18.6 Å². The Balaban J connectivity index is 1.86. The zero-order chi connectivity index (χ0) is 21.6. The molecule has 1 aliphatic carbocycles. The summed E-state index contributed by atoms with van der Waals surface area (Å²) in [6.45, 7) is 6.00. The number of hydrogen-bond donors (Lipinski definition) is 1. The summed E-state index contributed by atoms with van der Waals surface area (Å²) in [5.41, 5.74) is 3.34. The first-order valence-corrected chi connectivity index (χ1v) is 10.7. The van der Waals surface area contributed by atoms with Gasteiger partial charge in [0.2, 0.25) is 0 Å². The van der Waals surface area contributed by atoms with Crippen LogP contribution < -0.4 is 5.32 Å². The molecule has 0 amide bonds. The molecule has 156 valence electrons. The molecule has 0 spiro atoms. The standard InChI is InChI=1S/C24H24BrNO4/c1-13-20(23(28)29-4)22(21-16(26-13)11-24(2,3)12-17(21)27)19-10-9-18(30-19)14-7-5-6-8-15(14)25/h5-10,22,26H,11-12H2,1-4H3/t22-/m0/s1. The van der Waals surface area contributed by atoms with Crippen LogP contribution in [0, 0.1) is 5.41 Å². The average molecular weight is 470 g/mol. The van der Waals surface area contributed by atoms with Gasteiger partial charge in [-0.05, 0) is 37.0 Å². The molecule has 0 radical (unpaired) electrons. The van der Waals surface area contributed by atoms with Crippen LogP contribution in [-0.4, -0.2) is 18.9 Å². The fourth-order valence-electron chi connectivity index (χ4n) is 4.41. The maximum absolute atomic E-state index is 13.2. The van der Waals surface area contributed by atoms with E-state index < -0.39 is 11.9 Å². The van der Waals surface area contributed by atoms with Gasteiger partial charge in [-0.2, -0.15) is 0 Å². The van der Waals surface area contributed by atoms with Crippen molar-refractivity contribution in [3.63, 3.8) is 0 Å². The lowest BCUT2D eigenvalue weighted by molar-refractivity contribution is -0.136. The molecular formula is C24H24BrNO4. The molecule has 1 aliphatic heterocycles. The number of rotatable bonds is 3. The van der Waals surface area contributed by atoms with E-state index in [-0.39, 0.29) is 11.2 Å². The predicted molar refractivity (Wildman–Crippen MR) is 117 cm³/mol. The number of allylic oxidation sites excluding steroid dienone is 3. The highest BCUT2D eigenvalue weighted by Gasteiger charge is 2.44. The average Bonchev–Trinajstić information content (AvgIpc) is 3.15. The molecule has 0 saturated carbocycles. The van der Waals surface area contributed by atoms with Crippen molar-refractivity contribution in [3.05, 3.63) is 69.2 Å². The molecule has 0 saturated heterocycles. The van der Waals surface area contributed by atoms with Gasteiger partial charge in [-0.25, -0.2) is 4.79 Å². The highest BCUT2D eigenvalue weighted by Crippen LogP contribution is 2.47. The van der Waals surface area contributed by atoms with E-state index in [1.54, 1.807) is 0 Å². The number of ketones is 1. The van der Waals surface area contributed by atoms with Crippen LogP contribution in [0.1, 0.15) is 45.3 Å². The van der Waals surface area contributed by atoms with Crippen LogP contribution in [0.15, 0.2) is 67.8 Å². The second-order valence-corrected chi connectivity index (χ2v) is 9.46. The topological polar surface area (TPSA) is 68.5 Å². The van der Waals surface area contributed by atoms with Crippen molar-refractivity contribution in [3.8, 4) is 11.3 Å². The van der Waals surface area contributed by atoms with E-state index >= 15 is 0 Å². The Bertz CT molecular complexity index is 1110. The lowest BCUT2D eigenvalue weighted by atomic mass is 9.69. The Kier molecular flexibility index (Phi) is 5.22. The lowest BCUT2D eigenvalue weighted by Crippen LogP contribution is -2.38. The van der Waals surface area contributed by atoms with Gasteiger partial charge in [-0.1, -0.05) is 48.0 Å². The quantitative estimate of drug-likeness (QED) is 0.602. The van der Waals surface area contributed by atoms with Crippen molar-refractivity contribution in [1.82, 2.24) is 5.32 Å². The summed E-state index contributed by atoms with van der Waals surface area (Å²) in [7, 11) is 1.35. The Morgan fingerprint density at radius 2 is 1.93 bits per heavy atom. The maximum Gasteiger partial charge on any atom is 0.336 e. The number of carbonyl (C=O) groups excluding carboxylic acids is 2. The van der Waals surface area contributed by atoms with Crippen molar-refractivity contribution >= 4 is 27.7 Å². The first-order valence-electron chi connectivity index (χ1n) is 9.89. The van der Waals surface area contributed by atoms with E-state index in [4.69, 9.17) is 9.15 Å². The summed E-state index contributed by atoms with van der Waals surface area (Å²) in [5.74, 6) is 0.208. The van der Waals surface area contributed by atoms with Crippen molar-refractivity contribution in [2.24, 2.45) is 5.41 Å². The molecule has 2 heterocycles. The number of methoxy groups -OCH3 is 1. The highest BCUT2D eigenvalue weighted by molar-refractivity contribution is 9.10. The number of hydrogen-bond acceptors (Lipinski definition) is 5. The van der Waals surface area contributed by atoms with Crippen LogP contribution in [0.4, 0.5) is 0 Å². The number of benzene rings is 1. The molecule has 1 atom stereocenters. The number of furan rings is 1. The summed E-state index contributed by atoms with van der Waals surface area (Å²) in [5, 5.41) is 3.31. The number of esters is 1. The molecule has 6 heteroatoms. The molecule has 1 aromatic carbocycles. The fraction of sp³-hybridized carbons (Fsp3) is 0.333. The van der Waals surface area contributed by atoms with Gasteiger partial charge in [-0.15, -0.1) is 0 Å². The minimum atomic E-state index is -0.589. The van der Waals surface area contributed by atoms with Gasteiger partial charge < -0.3 is 14.5 Å². The minimum Gasteiger partial charge on any atom is -0.466 e. The fourth-order valence-corrected chi connectivity index (χ4v) is 4.90. The summed E-state index contributed by atoms with van der Waals surface area (Å²) < 4.78 is 12.2. The third-order valence-corrected chi connectivity index (χ3v) is 6.39. The largest absolute Gasteiger partial charge is 0.466 e. The van der Waals surface area contributed by atoms with Gasteiger partial charge in [0, 0.05) is 33.4 Å². The second kappa shape index (κ2) is 7.58. The Morgan fingerprint density at radius 1 is 1.20 bits per heavy atom. The molecule has 0 unspecified atom stereocenters. The Morgan fingerprint density at radius 3 is 2.63 bits per heavy atom. The molecular weight excluding hydrogens is 446 g/mol. The maximum atomic E-state index is 13.2. The summed E-state index contributed by atoms with van der Waals surface area (Å²) in [6, 6.07) is 11.5. The number of carbonyl (C=O) groups is 2. The highest BCUT2D eigenvalue weighted by atomic mass is 79.9. The van der Waals surface area contributed by atoms with E-state index in [1.807, 2.05) is 43.3 Å². The number of dihydropyridines is 1. The van der Waals surface area contributed by atoms with Gasteiger partial charge in [0.15, 0.2) is 5.78 Å². The third kappa shape index (κ3) is 3.54. The molecule has 0 bridgehead atoms. The van der Waals surface area contributed by atoms with Crippen molar-refractivity contribution in [2.75, 3.05) is 7.11 Å². The summed E-state index contributed by atoms with van der Waals surface area (Å²) in [4.78, 5) is 25.9. The minimum absolute atomic E-state index is 0.0338. The van der Waals surface area contributed by atoms with E-state index in [2.05, 4.69) is 35.1 Å². The summed E-state index contributed by atoms with van der Waals surface area (Å²) in [6.07, 6.45) is 1.16. The molecule has 1 N–H and O–H groups in total. The van der Waals surface area contributed by atoms with Gasteiger partial charge in [0.1, 0.15) is 11.5 Å². The number of halogens is 1. The van der Waals surface area contributed by atoms with E-state index in [0.717, 1.165) is 22.2 Å². The zero-order valence-corrected chi connectivity index (χ0v) is 19.1. The smallest absolute Gasteiger partial charge is 0.336 e.